The van der Waals surface area contributed by atoms with Gasteiger partial charge in [0.15, 0.2) is 0 Å². The Morgan fingerprint density at radius 2 is 2.33 bits per heavy atom. The van der Waals surface area contributed by atoms with Crippen molar-refractivity contribution in [2.75, 3.05) is 6.54 Å². The van der Waals surface area contributed by atoms with Gasteiger partial charge in [0, 0.05) is 23.8 Å². The van der Waals surface area contributed by atoms with E-state index in [9.17, 15) is 9.59 Å². The summed E-state index contributed by atoms with van der Waals surface area (Å²) in [6, 6.07) is 2.85. The standard InChI is InChI=1S/C12H13ClN2O3/c13-8-3-4-14-10(6-8)12(18)15-5-1-2-9(15)7-11(16)17/h3-4,6,9H,1-2,5,7H2,(H,16,17). The molecule has 0 radical (unpaired) electrons. The average Bonchev–Trinajstić information content (AvgIpc) is 2.75. The summed E-state index contributed by atoms with van der Waals surface area (Å²) in [6.07, 6.45) is 2.99. The highest BCUT2D eigenvalue weighted by molar-refractivity contribution is 6.30. The number of nitrogens with zero attached hydrogens (tertiary/aromatic N) is 2. The summed E-state index contributed by atoms with van der Waals surface area (Å²) in [5.41, 5.74) is 0.264. The summed E-state index contributed by atoms with van der Waals surface area (Å²) in [4.78, 5) is 28.5. The molecule has 1 atom stereocenters. The fourth-order valence-electron chi connectivity index (χ4n) is 2.19. The lowest BCUT2D eigenvalue weighted by molar-refractivity contribution is -0.137. The molecule has 1 saturated heterocycles. The Kier molecular flexibility index (Phi) is 3.81. The molecule has 1 aliphatic rings. The monoisotopic (exact) mass is 268 g/mol. The molecule has 1 aliphatic heterocycles. The number of carbonyl (C=O) groups is 2. The molecule has 0 spiro atoms. The molecule has 1 aromatic heterocycles. The van der Waals surface area contributed by atoms with Gasteiger partial charge in [-0.3, -0.25) is 14.6 Å². The van der Waals surface area contributed by atoms with Crippen LogP contribution in [0.15, 0.2) is 18.3 Å². The van der Waals surface area contributed by atoms with Gasteiger partial charge in [-0.1, -0.05) is 11.6 Å². The molecule has 0 saturated carbocycles. The molecule has 0 aromatic carbocycles. The maximum atomic E-state index is 12.2. The first-order valence-electron chi connectivity index (χ1n) is 5.72. The van der Waals surface area contributed by atoms with Gasteiger partial charge in [-0.2, -0.15) is 0 Å². The van der Waals surface area contributed by atoms with Gasteiger partial charge in [0.25, 0.3) is 5.91 Å². The van der Waals surface area contributed by atoms with Crippen LogP contribution < -0.4 is 0 Å². The second kappa shape index (κ2) is 5.35. The van der Waals surface area contributed by atoms with E-state index in [2.05, 4.69) is 4.98 Å². The third-order valence-electron chi connectivity index (χ3n) is 2.99. The summed E-state index contributed by atoms with van der Waals surface area (Å²) >= 11 is 5.81. The second-order valence-electron chi connectivity index (χ2n) is 4.25. The van der Waals surface area contributed by atoms with Crippen molar-refractivity contribution in [2.24, 2.45) is 0 Å². The van der Waals surface area contributed by atoms with Crippen molar-refractivity contribution in [2.45, 2.75) is 25.3 Å². The van der Waals surface area contributed by atoms with Crippen molar-refractivity contribution in [1.82, 2.24) is 9.88 Å². The Balaban J connectivity index is 2.15. The number of hydrogen-bond acceptors (Lipinski definition) is 3. The van der Waals surface area contributed by atoms with Crippen molar-refractivity contribution >= 4 is 23.5 Å². The average molecular weight is 269 g/mol. The van der Waals surface area contributed by atoms with E-state index in [4.69, 9.17) is 16.7 Å². The number of aliphatic carboxylic acids is 1. The minimum Gasteiger partial charge on any atom is -0.481 e. The molecule has 1 amide bonds. The van der Waals surface area contributed by atoms with E-state index >= 15 is 0 Å². The van der Waals surface area contributed by atoms with Crippen molar-refractivity contribution in [3.8, 4) is 0 Å². The van der Waals surface area contributed by atoms with Gasteiger partial charge in [0.2, 0.25) is 0 Å². The fourth-order valence-corrected chi connectivity index (χ4v) is 2.35. The van der Waals surface area contributed by atoms with Crippen molar-refractivity contribution in [3.63, 3.8) is 0 Å². The highest BCUT2D eigenvalue weighted by Crippen LogP contribution is 2.22. The summed E-state index contributed by atoms with van der Waals surface area (Å²) in [5, 5.41) is 9.26. The minimum absolute atomic E-state index is 0.0215. The van der Waals surface area contributed by atoms with Crippen LogP contribution in [0, 0.1) is 0 Å². The quantitative estimate of drug-likeness (QED) is 0.908. The lowest BCUT2D eigenvalue weighted by atomic mass is 10.1. The molecule has 1 N–H and O–H groups in total. The SMILES string of the molecule is O=C(O)CC1CCCN1C(=O)c1cc(Cl)ccn1. The lowest BCUT2D eigenvalue weighted by Gasteiger charge is -2.23. The molecule has 6 heteroatoms. The molecule has 1 fully saturated rings. The van der Waals surface area contributed by atoms with Gasteiger partial charge in [0.1, 0.15) is 5.69 Å². The first kappa shape index (κ1) is 12.8. The second-order valence-corrected chi connectivity index (χ2v) is 4.69. The van der Waals surface area contributed by atoms with Gasteiger partial charge in [-0.05, 0) is 25.0 Å². The topological polar surface area (TPSA) is 70.5 Å². The molecule has 1 unspecified atom stereocenters. The number of rotatable bonds is 3. The van der Waals surface area contributed by atoms with Crippen LogP contribution in [-0.2, 0) is 4.79 Å². The maximum absolute atomic E-state index is 12.2. The molecule has 96 valence electrons. The van der Waals surface area contributed by atoms with E-state index in [1.165, 1.54) is 12.3 Å². The number of carbonyl (C=O) groups excluding carboxylic acids is 1. The number of likely N-dealkylation sites (tertiary alicyclic amines) is 1. The summed E-state index contributed by atoms with van der Waals surface area (Å²) in [5.74, 6) is -1.14. The van der Waals surface area contributed by atoms with Gasteiger partial charge in [0.05, 0.1) is 6.42 Å². The van der Waals surface area contributed by atoms with E-state index in [-0.39, 0.29) is 24.1 Å². The molecule has 2 heterocycles. The van der Waals surface area contributed by atoms with Crippen molar-refractivity contribution in [1.29, 1.82) is 0 Å². The number of carboxylic acids is 1. The van der Waals surface area contributed by atoms with E-state index in [1.807, 2.05) is 0 Å². The summed E-state index contributed by atoms with van der Waals surface area (Å²) in [6.45, 7) is 0.574. The Morgan fingerprint density at radius 3 is 3.00 bits per heavy atom. The Hall–Kier alpha value is -1.62. The summed E-state index contributed by atoms with van der Waals surface area (Å²) in [7, 11) is 0. The zero-order chi connectivity index (χ0) is 13.1. The van der Waals surface area contributed by atoms with Crippen LogP contribution in [0.3, 0.4) is 0 Å². The fraction of sp³-hybridized carbons (Fsp3) is 0.417. The van der Waals surface area contributed by atoms with Crippen molar-refractivity contribution in [3.05, 3.63) is 29.0 Å². The van der Waals surface area contributed by atoms with Crippen LogP contribution in [0.25, 0.3) is 0 Å². The first-order chi connectivity index (χ1) is 8.58. The normalized spacial score (nSPS) is 18.9. The van der Waals surface area contributed by atoms with Gasteiger partial charge < -0.3 is 10.0 Å². The van der Waals surface area contributed by atoms with E-state index in [0.29, 0.717) is 11.6 Å². The van der Waals surface area contributed by atoms with Crippen LogP contribution in [0.4, 0.5) is 0 Å². The van der Waals surface area contributed by atoms with E-state index in [0.717, 1.165) is 12.8 Å². The Bertz CT molecular complexity index is 478. The van der Waals surface area contributed by atoms with Crippen molar-refractivity contribution < 1.29 is 14.7 Å². The number of hydrogen-bond donors (Lipinski definition) is 1. The van der Waals surface area contributed by atoms with Gasteiger partial charge in [-0.15, -0.1) is 0 Å². The first-order valence-corrected chi connectivity index (χ1v) is 6.10. The molecular weight excluding hydrogens is 256 g/mol. The molecular formula is C12H13ClN2O3. The number of halogens is 1. The predicted octanol–water partition coefficient (Wildman–Crippen LogP) is 1.81. The molecule has 18 heavy (non-hydrogen) atoms. The van der Waals surface area contributed by atoms with E-state index < -0.39 is 5.97 Å². The number of amides is 1. The van der Waals surface area contributed by atoms with E-state index in [1.54, 1.807) is 11.0 Å². The largest absolute Gasteiger partial charge is 0.481 e. The number of pyridine rings is 1. The zero-order valence-corrected chi connectivity index (χ0v) is 10.4. The molecule has 0 aliphatic carbocycles. The van der Waals surface area contributed by atoms with Crippen LogP contribution >= 0.6 is 11.6 Å². The van der Waals surface area contributed by atoms with Crippen LogP contribution in [0.5, 0.6) is 0 Å². The Labute approximate surface area is 109 Å². The van der Waals surface area contributed by atoms with Gasteiger partial charge >= 0.3 is 5.97 Å². The molecule has 0 bridgehead atoms. The van der Waals surface area contributed by atoms with Crippen LogP contribution in [-0.4, -0.2) is 39.5 Å². The number of aromatic nitrogens is 1. The van der Waals surface area contributed by atoms with Crippen LogP contribution in [0.2, 0.25) is 5.02 Å². The predicted molar refractivity (Wildman–Crippen MR) is 65.6 cm³/mol. The third-order valence-corrected chi connectivity index (χ3v) is 3.22. The smallest absolute Gasteiger partial charge is 0.305 e. The zero-order valence-electron chi connectivity index (χ0n) is 9.67. The summed E-state index contributed by atoms with van der Waals surface area (Å²) < 4.78 is 0. The van der Waals surface area contributed by atoms with Gasteiger partial charge in [-0.25, -0.2) is 0 Å². The molecule has 2 rings (SSSR count). The maximum Gasteiger partial charge on any atom is 0.305 e. The number of carboxylic acid groups (broad SMARTS) is 1. The molecule has 1 aromatic rings. The lowest BCUT2D eigenvalue weighted by Crippen LogP contribution is -2.37. The highest BCUT2D eigenvalue weighted by Gasteiger charge is 2.31. The van der Waals surface area contributed by atoms with Crippen LogP contribution in [0.1, 0.15) is 29.8 Å². The Morgan fingerprint density at radius 1 is 1.56 bits per heavy atom. The third kappa shape index (κ3) is 2.79. The highest BCUT2D eigenvalue weighted by atomic mass is 35.5. The molecule has 5 nitrogen and oxygen atoms in total. The minimum atomic E-state index is -0.890.